The van der Waals surface area contributed by atoms with Gasteiger partial charge in [-0.25, -0.2) is 4.98 Å². The lowest BCUT2D eigenvalue weighted by Gasteiger charge is -2.32. The van der Waals surface area contributed by atoms with Crippen LogP contribution in [0.5, 0.6) is 0 Å². The average Bonchev–Trinajstić information content (AvgIpc) is 2.64. The normalized spacial score (nSPS) is 19.0. The predicted molar refractivity (Wildman–Crippen MR) is 126 cm³/mol. The van der Waals surface area contributed by atoms with E-state index >= 15 is 0 Å². The lowest BCUT2D eigenvalue weighted by molar-refractivity contribution is 0.0205. The van der Waals surface area contributed by atoms with Gasteiger partial charge in [0.1, 0.15) is 5.82 Å². The molecule has 28 heavy (non-hydrogen) atoms. The second-order valence-electron chi connectivity index (χ2n) is 8.05. The highest BCUT2D eigenvalue weighted by Crippen LogP contribution is 2.21. The molecule has 2 atom stereocenters. The van der Waals surface area contributed by atoms with Gasteiger partial charge in [0, 0.05) is 46.5 Å². The number of halogens is 1. The van der Waals surface area contributed by atoms with E-state index in [4.69, 9.17) is 9.47 Å². The van der Waals surface area contributed by atoms with E-state index in [0.717, 1.165) is 37.0 Å². The Morgan fingerprint density at radius 3 is 2.68 bits per heavy atom. The fraction of sp³-hybridized carbons (Fsp3) is 0.700. The van der Waals surface area contributed by atoms with Gasteiger partial charge in [-0.1, -0.05) is 26.8 Å². The topological polar surface area (TPSA) is 71.0 Å². The number of ether oxygens (including phenoxy) is 2. The Hall–Kier alpha value is -1.13. The van der Waals surface area contributed by atoms with Crippen molar-refractivity contribution >= 4 is 35.8 Å². The van der Waals surface area contributed by atoms with Gasteiger partial charge < -0.3 is 25.0 Å². The number of morpholine rings is 1. The summed E-state index contributed by atoms with van der Waals surface area (Å²) in [5.41, 5.74) is 1.18. The summed E-state index contributed by atoms with van der Waals surface area (Å²) in [4.78, 5) is 11.2. The summed E-state index contributed by atoms with van der Waals surface area (Å²) in [5, 5.41) is 6.67. The molecule has 2 heterocycles. The van der Waals surface area contributed by atoms with Gasteiger partial charge in [0.15, 0.2) is 5.96 Å². The van der Waals surface area contributed by atoms with E-state index in [1.807, 2.05) is 6.20 Å². The zero-order valence-electron chi connectivity index (χ0n) is 18.0. The van der Waals surface area contributed by atoms with Crippen LogP contribution in [0.25, 0.3) is 0 Å². The van der Waals surface area contributed by atoms with Crippen LogP contribution in [0.4, 0.5) is 5.82 Å². The summed E-state index contributed by atoms with van der Waals surface area (Å²) in [6, 6.07) is 4.18. The van der Waals surface area contributed by atoms with Crippen LogP contribution < -0.4 is 15.5 Å². The molecule has 0 spiro atoms. The molecule has 1 aromatic heterocycles. The molecule has 2 N–H and O–H groups in total. The Labute approximate surface area is 186 Å². The van der Waals surface area contributed by atoms with Gasteiger partial charge >= 0.3 is 0 Å². The molecule has 0 aliphatic carbocycles. The highest BCUT2D eigenvalue weighted by Gasteiger charge is 2.24. The van der Waals surface area contributed by atoms with Crippen molar-refractivity contribution in [2.75, 3.05) is 45.3 Å². The third-order valence-corrected chi connectivity index (χ3v) is 4.76. The van der Waals surface area contributed by atoms with Crippen LogP contribution in [0.1, 0.15) is 33.3 Å². The molecule has 7 nitrogen and oxygen atoms in total. The zero-order chi connectivity index (χ0) is 19.9. The van der Waals surface area contributed by atoms with E-state index in [1.165, 1.54) is 0 Å². The van der Waals surface area contributed by atoms with Gasteiger partial charge in [-0.05, 0) is 24.0 Å². The summed E-state index contributed by atoms with van der Waals surface area (Å²) in [6.07, 6.45) is 2.27. The molecule has 1 saturated heterocycles. The van der Waals surface area contributed by atoms with Gasteiger partial charge in [-0.2, -0.15) is 0 Å². The number of hydrogen-bond donors (Lipinski definition) is 2. The first-order valence-corrected chi connectivity index (χ1v) is 9.62. The minimum atomic E-state index is 0. The summed E-state index contributed by atoms with van der Waals surface area (Å²) in [5.74, 6) is 1.76. The van der Waals surface area contributed by atoms with Gasteiger partial charge in [-0.15, -0.1) is 24.0 Å². The van der Waals surface area contributed by atoms with Crippen LogP contribution in [0, 0.1) is 5.41 Å². The standard InChI is InChI=1S/C20H35N5O2.HI/c1-15-14-25(9-10-27-15)18-8-7-16(11-22-18)12-23-19(21-5)24-13-17(26-6)20(2,3)4;/h7-8,11,15,17H,9-10,12-14H2,1-6H3,(H2,21,23,24);1H. The quantitative estimate of drug-likeness (QED) is 0.352. The Bertz CT molecular complexity index is 604. The molecule has 2 unspecified atom stereocenters. The van der Waals surface area contributed by atoms with Gasteiger partial charge in [0.25, 0.3) is 0 Å². The van der Waals surface area contributed by atoms with Crippen molar-refractivity contribution in [2.24, 2.45) is 10.4 Å². The minimum Gasteiger partial charge on any atom is -0.379 e. The molecule has 8 heteroatoms. The summed E-state index contributed by atoms with van der Waals surface area (Å²) in [7, 11) is 3.52. The number of methoxy groups -OCH3 is 1. The van der Waals surface area contributed by atoms with Crippen molar-refractivity contribution in [3.8, 4) is 0 Å². The second-order valence-corrected chi connectivity index (χ2v) is 8.05. The SMILES string of the molecule is CN=C(NCc1ccc(N2CCOC(C)C2)nc1)NCC(OC)C(C)(C)C.I. The number of hydrogen-bond acceptors (Lipinski definition) is 5. The number of guanidine groups is 1. The molecular weight excluding hydrogens is 469 g/mol. The van der Waals surface area contributed by atoms with E-state index in [-0.39, 0.29) is 41.6 Å². The maximum absolute atomic E-state index is 5.59. The van der Waals surface area contributed by atoms with Gasteiger partial charge in [0.2, 0.25) is 0 Å². The molecule has 160 valence electrons. The monoisotopic (exact) mass is 505 g/mol. The van der Waals surface area contributed by atoms with Crippen LogP contribution in [-0.2, 0) is 16.0 Å². The first-order chi connectivity index (χ1) is 12.8. The molecule has 0 amide bonds. The van der Waals surface area contributed by atoms with E-state index in [2.05, 4.69) is 65.3 Å². The molecule has 1 aromatic rings. The van der Waals surface area contributed by atoms with Crippen LogP contribution in [0.15, 0.2) is 23.3 Å². The number of aliphatic imine (C=N–C) groups is 1. The molecule has 0 radical (unpaired) electrons. The molecule has 0 aromatic carbocycles. The van der Waals surface area contributed by atoms with Gasteiger partial charge in [-0.3, -0.25) is 4.99 Å². The second kappa shape index (κ2) is 11.8. The highest BCUT2D eigenvalue weighted by atomic mass is 127. The van der Waals surface area contributed by atoms with E-state index in [9.17, 15) is 0 Å². The van der Waals surface area contributed by atoms with Crippen molar-refractivity contribution in [3.63, 3.8) is 0 Å². The summed E-state index contributed by atoms with van der Waals surface area (Å²) in [6.45, 7) is 12.5. The lowest BCUT2D eigenvalue weighted by Crippen LogP contribution is -2.45. The van der Waals surface area contributed by atoms with Crippen molar-refractivity contribution in [2.45, 2.75) is 46.4 Å². The van der Waals surface area contributed by atoms with Crippen molar-refractivity contribution in [3.05, 3.63) is 23.9 Å². The first-order valence-electron chi connectivity index (χ1n) is 9.62. The Kier molecular flexibility index (Phi) is 10.5. The maximum atomic E-state index is 5.59. The first kappa shape index (κ1) is 24.9. The molecule has 1 aliphatic heterocycles. The number of pyridine rings is 1. The Morgan fingerprint density at radius 2 is 2.14 bits per heavy atom. The largest absolute Gasteiger partial charge is 0.379 e. The van der Waals surface area contributed by atoms with Crippen LogP contribution in [-0.4, -0.2) is 63.6 Å². The molecular formula is C20H36IN5O2. The third-order valence-electron chi connectivity index (χ3n) is 4.76. The smallest absolute Gasteiger partial charge is 0.191 e. The molecule has 0 saturated carbocycles. The highest BCUT2D eigenvalue weighted by molar-refractivity contribution is 14.0. The number of rotatable bonds is 6. The maximum Gasteiger partial charge on any atom is 0.191 e. The minimum absolute atomic E-state index is 0. The predicted octanol–water partition coefficient (Wildman–Crippen LogP) is 2.65. The number of nitrogens with one attached hydrogen (secondary N) is 2. The van der Waals surface area contributed by atoms with Gasteiger partial charge in [0.05, 0.1) is 18.8 Å². The van der Waals surface area contributed by atoms with E-state index in [1.54, 1.807) is 14.2 Å². The zero-order valence-corrected chi connectivity index (χ0v) is 20.3. The Morgan fingerprint density at radius 1 is 1.39 bits per heavy atom. The fourth-order valence-electron chi connectivity index (χ4n) is 3.07. The van der Waals surface area contributed by atoms with Crippen molar-refractivity contribution in [1.82, 2.24) is 15.6 Å². The molecule has 2 rings (SSSR count). The van der Waals surface area contributed by atoms with Crippen molar-refractivity contribution < 1.29 is 9.47 Å². The van der Waals surface area contributed by atoms with Crippen LogP contribution in [0.3, 0.4) is 0 Å². The Balaban J connectivity index is 0.00000392. The third kappa shape index (κ3) is 7.71. The molecule has 0 bridgehead atoms. The fourth-order valence-corrected chi connectivity index (χ4v) is 3.07. The summed E-state index contributed by atoms with van der Waals surface area (Å²) < 4.78 is 11.2. The number of nitrogens with zero attached hydrogens (tertiary/aromatic N) is 3. The molecule has 1 fully saturated rings. The van der Waals surface area contributed by atoms with E-state index in [0.29, 0.717) is 13.1 Å². The number of anilines is 1. The van der Waals surface area contributed by atoms with E-state index < -0.39 is 0 Å². The molecule has 1 aliphatic rings. The number of aromatic nitrogens is 1. The summed E-state index contributed by atoms with van der Waals surface area (Å²) >= 11 is 0. The van der Waals surface area contributed by atoms with Crippen molar-refractivity contribution in [1.29, 1.82) is 0 Å². The average molecular weight is 505 g/mol. The van der Waals surface area contributed by atoms with Crippen LogP contribution in [0.2, 0.25) is 0 Å². The van der Waals surface area contributed by atoms with Crippen LogP contribution >= 0.6 is 24.0 Å². The lowest BCUT2D eigenvalue weighted by atomic mass is 9.89.